The summed E-state index contributed by atoms with van der Waals surface area (Å²) in [7, 11) is 0. The first kappa shape index (κ1) is 15.2. The number of aromatic nitrogens is 2. The molecule has 8 heteroatoms. The van der Waals surface area contributed by atoms with Gasteiger partial charge in [-0.1, -0.05) is 23.4 Å². The summed E-state index contributed by atoms with van der Waals surface area (Å²) in [6.45, 7) is 0.957. The first-order chi connectivity index (χ1) is 10.5. The third-order valence-corrected chi connectivity index (χ3v) is 5.12. The average molecular weight is 340 g/mol. The molecule has 3 rings (SSSR count). The quantitative estimate of drug-likeness (QED) is 0.820. The van der Waals surface area contributed by atoms with E-state index in [0.29, 0.717) is 36.8 Å². The number of H-pyrrole nitrogens is 1. The van der Waals surface area contributed by atoms with Crippen LogP contribution in [0.1, 0.15) is 23.3 Å². The van der Waals surface area contributed by atoms with Crippen molar-refractivity contribution in [3.8, 4) is 0 Å². The molecular formula is C14H14ClN3O3S. The van der Waals surface area contributed by atoms with Crippen molar-refractivity contribution in [3.05, 3.63) is 29.2 Å². The van der Waals surface area contributed by atoms with Gasteiger partial charge in [0.15, 0.2) is 0 Å². The zero-order chi connectivity index (χ0) is 15.7. The summed E-state index contributed by atoms with van der Waals surface area (Å²) >= 11 is 7.09. The third-order valence-electron chi connectivity index (χ3n) is 3.68. The predicted octanol–water partition coefficient (Wildman–Crippen LogP) is 3.23. The molecule has 1 aliphatic rings. The first-order valence-corrected chi connectivity index (χ1v) is 8.12. The number of carbonyl (C=O) groups is 2. The summed E-state index contributed by atoms with van der Waals surface area (Å²) in [5.74, 6) is 0. The molecule has 116 valence electrons. The molecule has 0 spiro atoms. The Kier molecular flexibility index (Phi) is 4.26. The van der Waals surface area contributed by atoms with E-state index in [0.717, 1.165) is 10.9 Å². The van der Waals surface area contributed by atoms with Gasteiger partial charge < -0.3 is 15.0 Å². The number of hydrogen-bond donors (Lipinski definition) is 2. The number of fused-ring (bicyclic) bond motifs is 1. The summed E-state index contributed by atoms with van der Waals surface area (Å²) in [5, 5.41) is 10.2. The van der Waals surface area contributed by atoms with Gasteiger partial charge in [0, 0.05) is 29.9 Å². The lowest BCUT2D eigenvalue weighted by atomic mass is 10.1. The van der Waals surface area contributed by atoms with Crippen LogP contribution < -0.4 is 0 Å². The summed E-state index contributed by atoms with van der Waals surface area (Å²) in [5.41, 5.74) is 1.30. The standard InChI is InChI=1S/C14H14ClN3O3S/c15-12-6-10-8(7-16-12)5-11(17-10)13(19)22-9-1-3-18(4-2-9)14(20)21/h5-7,9,17H,1-4H2,(H,20,21). The van der Waals surface area contributed by atoms with Crippen molar-refractivity contribution < 1.29 is 14.7 Å². The number of pyridine rings is 1. The molecule has 1 fully saturated rings. The molecule has 22 heavy (non-hydrogen) atoms. The highest BCUT2D eigenvalue weighted by Crippen LogP contribution is 2.28. The molecule has 3 heterocycles. The highest BCUT2D eigenvalue weighted by molar-refractivity contribution is 8.14. The van der Waals surface area contributed by atoms with Gasteiger partial charge in [-0.3, -0.25) is 4.79 Å². The van der Waals surface area contributed by atoms with Crippen molar-refractivity contribution >= 4 is 45.5 Å². The van der Waals surface area contributed by atoms with Crippen molar-refractivity contribution in [3.63, 3.8) is 0 Å². The summed E-state index contributed by atoms with van der Waals surface area (Å²) in [4.78, 5) is 31.6. The number of piperidine rings is 1. The van der Waals surface area contributed by atoms with Gasteiger partial charge in [0.05, 0.1) is 11.2 Å². The molecule has 0 saturated carbocycles. The minimum atomic E-state index is -0.894. The molecule has 1 aliphatic heterocycles. The van der Waals surface area contributed by atoms with E-state index >= 15 is 0 Å². The summed E-state index contributed by atoms with van der Waals surface area (Å²) < 4.78 is 0. The number of aromatic amines is 1. The number of carboxylic acid groups (broad SMARTS) is 1. The van der Waals surface area contributed by atoms with E-state index in [1.165, 1.54) is 16.7 Å². The van der Waals surface area contributed by atoms with Crippen molar-refractivity contribution in [2.45, 2.75) is 18.1 Å². The summed E-state index contributed by atoms with van der Waals surface area (Å²) in [6.07, 6.45) is 2.11. The van der Waals surface area contributed by atoms with Gasteiger partial charge in [-0.15, -0.1) is 0 Å². The van der Waals surface area contributed by atoms with Crippen LogP contribution >= 0.6 is 23.4 Å². The maximum absolute atomic E-state index is 12.3. The van der Waals surface area contributed by atoms with Gasteiger partial charge in [-0.2, -0.15) is 0 Å². The minimum Gasteiger partial charge on any atom is -0.465 e. The van der Waals surface area contributed by atoms with E-state index in [1.807, 2.05) is 0 Å². The van der Waals surface area contributed by atoms with Crippen molar-refractivity contribution in [1.29, 1.82) is 0 Å². The van der Waals surface area contributed by atoms with Crippen LogP contribution in [0.4, 0.5) is 4.79 Å². The number of halogens is 1. The van der Waals surface area contributed by atoms with Crippen LogP contribution in [0.3, 0.4) is 0 Å². The van der Waals surface area contributed by atoms with Gasteiger partial charge in [-0.25, -0.2) is 9.78 Å². The fraction of sp³-hybridized carbons (Fsp3) is 0.357. The highest BCUT2D eigenvalue weighted by Gasteiger charge is 2.25. The highest BCUT2D eigenvalue weighted by atomic mass is 35.5. The van der Waals surface area contributed by atoms with Gasteiger partial charge in [-0.05, 0) is 25.0 Å². The van der Waals surface area contributed by atoms with E-state index < -0.39 is 6.09 Å². The largest absolute Gasteiger partial charge is 0.465 e. The molecule has 6 nitrogen and oxygen atoms in total. The molecule has 0 aromatic carbocycles. The molecule has 0 atom stereocenters. The molecule has 2 aromatic rings. The van der Waals surface area contributed by atoms with E-state index in [9.17, 15) is 9.59 Å². The van der Waals surface area contributed by atoms with Gasteiger partial charge >= 0.3 is 6.09 Å². The average Bonchev–Trinajstić information content (AvgIpc) is 2.91. The number of nitrogens with one attached hydrogen (secondary N) is 1. The van der Waals surface area contributed by atoms with Crippen LogP contribution in [0.25, 0.3) is 10.9 Å². The van der Waals surface area contributed by atoms with Gasteiger partial charge in [0.25, 0.3) is 0 Å². The first-order valence-electron chi connectivity index (χ1n) is 6.86. The lowest BCUT2D eigenvalue weighted by Gasteiger charge is -2.28. The van der Waals surface area contributed by atoms with Crippen LogP contribution in [-0.2, 0) is 0 Å². The maximum Gasteiger partial charge on any atom is 0.407 e. The van der Waals surface area contributed by atoms with E-state index in [1.54, 1.807) is 18.3 Å². The van der Waals surface area contributed by atoms with Crippen molar-refractivity contribution in [2.75, 3.05) is 13.1 Å². The Morgan fingerprint density at radius 2 is 2.09 bits per heavy atom. The number of likely N-dealkylation sites (tertiary alicyclic amines) is 1. The Hall–Kier alpha value is -1.73. The minimum absolute atomic E-state index is 0.0407. The number of thioether (sulfide) groups is 1. The smallest absolute Gasteiger partial charge is 0.407 e. The number of hydrogen-bond acceptors (Lipinski definition) is 4. The Morgan fingerprint density at radius 1 is 1.36 bits per heavy atom. The molecule has 0 radical (unpaired) electrons. The van der Waals surface area contributed by atoms with E-state index in [-0.39, 0.29) is 10.4 Å². The van der Waals surface area contributed by atoms with Gasteiger partial charge in [0.2, 0.25) is 5.12 Å². The molecule has 2 N–H and O–H groups in total. The lowest BCUT2D eigenvalue weighted by Crippen LogP contribution is -2.38. The van der Waals surface area contributed by atoms with E-state index in [2.05, 4.69) is 9.97 Å². The molecule has 1 saturated heterocycles. The Labute approximate surface area is 135 Å². The SMILES string of the molecule is O=C(SC1CCN(C(=O)O)CC1)c1cc2cnc(Cl)cc2[nH]1. The molecule has 0 unspecified atom stereocenters. The van der Waals surface area contributed by atoms with Crippen LogP contribution in [0, 0.1) is 0 Å². The van der Waals surface area contributed by atoms with Crippen LogP contribution in [-0.4, -0.2) is 49.5 Å². The monoisotopic (exact) mass is 339 g/mol. The van der Waals surface area contributed by atoms with Crippen LogP contribution in [0.5, 0.6) is 0 Å². The molecule has 0 bridgehead atoms. The number of amides is 1. The lowest BCUT2D eigenvalue weighted by molar-refractivity contribution is 0.108. The second kappa shape index (κ2) is 6.18. The van der Waals surface area contributed by atoms with Crippen LogP contribution in [0.2, 0.25) is 5.15 Å². The zero-order valence-corrected chi connectivity index (χ0v) is 13.2. The zero-order valence-electron chi connectivity index (χ0n) is 11.6. The number of nitrogens with zero attached hydrogens (tertiary/aromatic N) is 2. The Balaban J connectivity index is 1.65. The number of carbonyl (C=O) groups excluding carboxylic acids is 1. The van der Waals surface area contributed by atoms with Crippen molar-refractivity contribution in [1.82, 2.24) is 14.9 Å². The molecule has 0 aliphatic carbocycles. The number of rotatable bonds is 2. The fourth-order valence-corrected chi connectivity index (χ4v) is 3.63. The molecular weight excluding hydrogens is 326 g/mol. The summed E-state index contributed by atoms with van der Waals surface area (Å²) in [6, 6.07) is 3.45. The predicted molar refractivity (Wildman–Crippen MR) is 85.6 cm³/mol. The van der Waals surface area contributed by atoms with E-state index in [4.69, 9.17) is 16.7 Å². The molecule has 1 amide bonds. The Morgan fingerprint density at radius 3 is 2.77 bits per heavy atom. The Bertz CT molecular complexity index is 725. The fourth-order valence-electron chi connectivity index (χ4n) is 2.49. The molecule has 2 aromatic heterocycles. The van der Waals surface area contributed by atoms with Gasteiger partial charge in [0.1, 0.15) is 5.15 Å². The maximum atomic E-state index is 12.3. The third kappa shape index (κ3) is 3.20. The topological polar surface area (TPSA) is 86.3 Å². The van der Waals surface area contributed by atoms with Crippen molar-refractivity contribution in [2.24, 2.45) is 0 Å². The van der Waals surface area contributed by atoms with Crippen LogP contribution in [0.15, 0.2) is 18.3 Å². The second-order valence-corrected chi connectivity index (χ2v) is 6.81. The normalized spacial score (nSPS) is 16.1. The second-order valence-electron chi connectivity index (χ2n) is 5.15.